The summed E-state index contributed by atoms with van der Waals surface area (Å²) in [5, 5.41) is 11.6. The number of amides is 1. The first kappa shape index (κ1) is 24.3. The molecule has 0 spiro atoms. The van der Waals surface area contributed by atoms with E-state index in [1.165, 1.54) is 4.90 Å². The van der Waals surface area contributed by atoms with E-state index >= 15 is 0 Å². The molecule has 1 fully saturated rings. The minimum atomic E-state index is -0.807. The molecule has 0 bridgehead atoms. The Morgan fingerprint density at radius 1 is 1.14 bits per heavy atom. The Hall–Kier alpha value is -3.84. The van der Waals surface area contributed by atoms with Crippen LogP contribution < -0.4 is 9.64 Å². The smallest absolute Gasteiger partial charge is 0.295 e. The van der Waals surface area contributed by atoms with Crippen molar-refractivity contribution in [2.45, 2.75) is 19.5 Å². The largest absolute Gasteiger partial charge is 0.507 e. The SMILES string of the molecule is CCOc1ccc(Cl)c(/C(O)=C2\C(=O)C(=O)N(Cc3cccnc3)C2c2ccc(N(C)C)cc2)c1. The molecule has 2 aromatic carbocycles. The summed E-state index contributed by atoms with van der Waals surface area (Å²) in [5.41, 5.74) is 2.63. The summed E-state index contributed by atoms with van der Waals surface area (Å²) in [5.74, 6) is -1.32. The van der Waals surface area contributed by atoms with Gasteiger partial charge >= 0.3 is 0 Å². The van der Waals surface area contributed by atoms with Crippen LogP contribution in [0.4, 0.5) is 5.69 Å². The highest BCUT2D eigenvalue weighted by Crippen LogP contribution is 2.42. The molecule has 1 N–H and O–H groups in total. The molecule has 1 atom stereocenters. The van der Waals surface area contributed by atoms with Crippen molar-refractivity contribution in [3.63, 3.8) is 0 Å². The zero-order valence-electron chi connectivity index (χ0n) is 19.7. The summed E-state index contributed by atoms with van der Waals surface area (Å²) >= 11 is 6.40. The molecule has 8 heteroatoms. The Morgan fingerprint density at radius 3 is 2.51 bits per heavy atom. The number of nitrogens with zero attached hydrogens (tertiary/aromatic N) is 3. The number of rotatable bonds is 7. The van der Waals surface area contributed by atoms with Crippen LogP contribution in [0.25, 0.3) is 5.76 Å². The fourth-order valence-corrected chi connectivity index (χ4v) is 4.33. The normalized spacial score (nSPS) is 17.0. The summed E-state index contributed by atoms with van der Waals surface area (Å²) in [6.07, 6.45) is 3.29. The number of aliphatic hydroxyl groups excluding tert-OH is 1. The average Bonchev–Trinajstić information content (AvgIpc) is 3.10. The molecule has 0 aliphatic carbocycles. The lowest BCUT2D eigenvalue weighted by Crippen LogP contribution is -2.29. The van der Waals surface area contributed by atoms with E-state index in [0.29, 0.717) is 17.9 Å². The monoisotopic (exact) mass is 491 g/mol. The zero-order valence-corrected chi connectivity index (χ0v) is 20.5. The molecule has 0 saturated carbocycles. The molecule has 1 unspecified atom stereocenters. The van der Waals surface area contributed by atoms with Crippen LogP contribution in [0.1, 0.15) is 29.7 Å². The van der Waals surface area contributed by atoms with Crippen LogP contribution in [0.5, 0.6) is 5.75 Å². The van der Waals surface area contributed by atoms with Gasteiger partial charge in [0, 0.05) is 44.3 Å². The topological polar surface area (TPSA) is 83.0 Å². The third-order valence-electron chi connectivity index (χ3n) is 5.84. The Balaban J connectivity index is 1.87. The van der Waals surface area contributed by atoms with Gasteiger partial charge in [0.2, 0.25) is 0 Å². The van der Waals surface area contributed by atoms with Gasteiger partial charge in [-0.15, -0.1) is 0 Å². The Morgan fingerprint density at radius 2 is 1.89 bits per heavy atom. The van der Waals surface area contributed by atoms with Gasteiger partial charge in [0.15, 0.2) is 0 Å². The van der Waals surface area contributed by atoms with Gasteiger partial charge in [-0.2, -0.15) is 0 Å². The van der Waals surface area contributed by atoms with Gasteiger partial charge in [-0.3, -0.25) is 14.6 Å². The summed E-state index contributed by atoms with van der Waals surface area (Å²) in [4.78, 5) is 34.0. The first-order chi connectivity index (χ1) is 16.8. The molecule has 4 rings (SSSR count). The van der Waals surface area contributed by atoms with E-state index in [1.807, 2.05) is 56.3 Å². The second kappa shape index (κ2) is 10.2. The third kappa shape index (κ3) is 4.86. The highest BCUT2D eigenvalue weighted by molar-refractivity contribution is 6.47. The summed E-state index contributed by atoms with van der Waals surface area (Å²) in [6.45, 7) is 2.42. The van der Waals surface area contributed by atoms with Gasteiger partial charge < -0.3 is 19.6 Å². The molecule has 1 aliphatic heterocycles. The highest BCUT2D eigenvalue weighted by Gasteiger charge is 2.46. The molecule has 35 heavy (non-hydrogen) atoms. The van der Waals surface area contributed by atoms with Crippen molar-refractivity contribution in [1.82, 2.24) is 9.88 Å². The number of carbonyl (C=O) groups is 2. The predicted molar refractivity (Wildman–Crippen MR) is 135 cm³/mol. The van der Waals surface area contributed by atoms with Crippen LogP contribution in [0, 0.1) is 0 Å². The second-order valence-electron chi connectivity index (χ2n) is 8.35. The molecule has 1 aromatic heterocycles. The van der Waals surface area contributed by atoms with E-state index in [9.17, 15) is 14.7 Å². The number of benzene rings is 2. The van der Waals surface area contributed by atoms with E-state index in [0.717, 1.165) is 11.3 Å². The van der Waals surface area contributed by atoms with Crippen molar-refractivity contribution in [3.8, 4) is 5.75 Å². The number of anilines is 1. The molecule has 1 aliphatic rings. The van der Waals surface area contributed by atoms with Gasteiger partial charge in [0.1, 0.15) is 11.5 Å². The number of halogens is 1. The first-order valence-corrected chi connectivity index (χ1v) is 11.6. The number of ether oxygens (including phenoxy) is 1. The van der Waals surface area contributed by atoms with Crippen LogP contribution >= 0.6 is 11.6 Å². The van der Waals surface area contributed by atoms with Crippen molar-refractivity contribution < 1.29 is 19.4 Å². The number of ketones is 1. The minimum Gasteiger partial charge on any atom is -0.507 e. The number of hydrogen-bond acceptors (Lipinski definition) is 6. The van der Waals surface area contributed by atoms with Crippen LogP contribution in [0.2, 0.25) is 5.02 Å². The molecule has 180 valence electrons. The first-order valence-electron chi connectivity index (χ1n) is 11.2. The summed E-state index contributed by atoms with van der Waals surface area (Å²) < 4.78 is 5.54. The molecule has 0 radical (unpaired) electrons. The van der Waals surface area contributed by atoms with Crippen molar-refractivity contribution in [2.24, 2.45) is 0 Å². The quantitative estimate of drug-likeness (QED) is 0.290. The van der Waals surface area contributed by atoms with E-state index < -0.39 is 17.7 Å². The van der Waals surface area contributed by atoms with Gasteiger partial charge in [0.05, 0.1) is 23.2 Å². The molecule has 1 amide bonds. The molecular formula is C27H26ClN3O4. The summed E-state index contributed by atoms with van der Waals surface area (Å²) in [6, 6.07) is 15.2. The molecule has 1 saturated heterocycles. The third-order valence-corrected chi connectivity index (χ3v) is 6.17. The maximum absolute atomic E-state index is 13.3. The maximum Gasteiger partial charge on any atom is 0.295 e. The van der Waals surface area contributed by atoms with Crippen molar-refractivity contribution in [2.75, 3.05) is 25.6 Å². The number of Topliss-reactive ketones (excluding diaryl/α,β-unsaturated/α-hetero) is 1. The van der Waals surface area contributed by atoms with E-state index in [4.69, 9.17) is 16.3 Å². The zero-order chi connectivity index (χ0) is 25.1. The average molecular weight is 492 g/mol. The van der Waals surface area contributed by atoms with Crippen LogP contribution in [-0.2, 0) is 16.1 Å². The molecule has 3 aromatic rings. The maximum atomic E-state index is 13.3. The van der Waals surface area contributed by atoms with Crippen LogP contribution in [0.15, 0.2) is 72.6 Å². The lowest BCUT2D eigenvalue weighted by atomic mass is 9.95. The Kier molecular flexibility index (Phi) is 7.07. The van der Waals surface area contributed by atoms with Crippen LogP contribution in [-0.4, -0.2) is 47.4 Å². The lowest BCUT2D eigenvalue weighted by Gasteiger charge is -2.26. The number of aromatic nitrogens is 1. The molecular weight excluding hydrogens is 466 g/mol. The van der Waals surface area contributed by atoms with E-state index in [2.05, 4.69) is 4.98 Å². The van der Waals surface area contributed by atoms with Crippen molar-refractivity contribution in [3.05, 3.63) is 94.3 Å². The fourth-order valence-electron chi connectivity index (χ4n) is 4.12. The highest BCUT2D eigenvalue weighted by atomic mass is 35.5. The Bertz CT molecular complexity index is 1270. The fraction of sp³-hybridized carbons (Fsp3) is 0.222. The molecule has 7 nitrogen and oxygen atoms in total. The summed E-state index contributed by atoms with van der Waals surface area (Å²) in [7, 11) is 3.85. The van der Waals surface area contributed by atoms with Gasteiger partial charge in [-0.05, 0) is 54.4 Å². The standard InChI is InChI=1S/C27H26ClN3O4/c1-4-35-20-11-12-22(28)21(14-20)25(32)23-24(18-7-9-19(10-8-18)30(2)3)31(27(34)26(23)33)16-17-6-5-13-29-15-17/h5-15,24,32H,4,16H2,1-3H3/b25-23+. The molecule has 2 heterocycles. The predicted octanol–water partition coefficient (Wildman–Crippen LogP) is 4.82. The van der Waals surface area contributed by atoms with Gasteiger partial charge in [-0.1, -0.05) is 29.8 Å². The van der Waals surface area contributed by atoms with Crippen LogP contribution in [0.3, 0.4) is 0 Å². The number of pyridine rings is 1. The minimum absolute atomic E-state index is 0.0213. The van der Waals surface area contributed by atoms with Crippen molar-refractivity contribution in [1.29, 1.82) is 0 Å². The van der Waals surface area contributed by atoms with Gasteiger partial charge in [0.25, 0.3) is 11.7 Å². The van der Waals surface area contributed by atoms with Gasteiger partial charge in [-0.25, -0.2) is 0 Å². The number of carbonyl (C=O) groups excluding carboxylic acids is 2. The van der Waals surface area contributed by atoms with Crippen molar-refractivity contribution >= 4 is 34.7 Å². The lowest BCUT2D eigenvalue weighted by molar-refractivity contribution is -0.140. The van der Waals surface area contributed by atoms with E-state index in [1.54, 1.807) is 36.7 Å². The second-order valence-corrected chi connectivity index (χ2v) is 8.76. The van der Waals surface area contributed by atoms with E-state index in [-0.39, 0.29) is 28.5 Å². The number of aliphatic hydroxyl groups is 1. The Labute approximate surface area is 209 Å². The number of likely N-dealkylation sites (tertiary alicyclic amines) is 1. The number of hydrogen-bond donors (Lipinski definition) is 1.